The molecule has 0 radical (unpaired) electrons. The Kier molecular flexibility index (Phi) is 7.24. The molecule has 0 atom stereocenters. The predicted octanol–water partition coefficient (Wildman–Crippen LogP) is 1.95. The van der Waals surface area contributed by atoms with Crippen LogP contribution in [0.1, 0.15) is 21.6 Å². The average Bonchev–Trinajstić information content (AvgIpc) is 2.90. The molecule has 0 spiro atoms. The van der Waals surface area contributed by atoms with Gasteiger partial charge in [-0.3, -0.25) is 9.78 Å². The quantitative estimate of drug-likeness (QED) is 0.729. The van der Waals surface area contributed by atoms with Crippen LogP contribution in [-0.2, 0) is 17.6 Å². The minimum atomic E-state index is -5.08. The molecular weight excluding hydrogens is 410 g/mol. The summed E-state index contributed by atoms with van der Waals surface area (Å²) in [5.74, 6) is -2.78. The number of fused-ring (bicyclic) bond motifs is 1. The molecule has 30 heavy (non-hydrogen) atoms. The van der Waals surface area contributed by atoms with Crippen LogP contribution in [0.3, 0.4) is 0 Å². The van der Waals surface area contributed by atoms with Crippen LogP contribution in [0.4, 0.5) is 23.4 Å². The Morgan fingerprint density at radius 2 is 1.80 bits per heavy atom. The summed E-state index contributed by atoms with van der Waals surface area (Å²) < 4.78 is 45.5. The molecule has 2 aromatic heterocycles. The first kappa shape index (κ1) is 23.0. The topological polar surface area (TPSA) is 99.5 Å². The molecule has 0 fully saturated rings. The summed E-state index contributed by atoms with van der Waals surface area (Å²) in [4.78, 5) is 37.4. The third-order valence-electron chi connectivity index (χ3n) is 4.22. The number of carboxylic acid groups (broad SMARTS) is 1. The number of aliphatic carboxylic acids is 1. The van der Waals surface area contributed by atoms with Crippen LogP contribution in [-0.4, -0.2) is 70.2 Å². The summed E-state index contributed by atoms with van der Waals surface area (Å²) in [6.07, 6.45) is 0.251. The molecule has 1 aliphatic rings. The summed E-state index contributed by atoms with van der Waals surface area (Å²) >= 11 is 0. The molecule has 3 rings (SSSR count). The molecule has 0 aliphatic carbocycles. The van der Waals surface area contributed by atoms with Gasteiger partial charge in [-0.25, -0.2) is 19.2 Å². The second-order valence-corrected chi connectivity index (χ2v) is 6.47. The van der Waals surface area contributed by atoms with Gasteiger partial charge in [-0.15, -0.1) is 0 Å². The number of carbonyl (C=O) groups excluding carboxylic acids is 1. The second-order valence-electron chi connectivity index (χ2n) is 6.47. The van der Waals surface area contributed by atoms with E-state index in [0.717, 1.165) is 23.3 Å². The fraction of sp³-hybridized carbons (Fsp3) is 0.389. The first-order chi connectivity index (χ1) is 14.0. The van der Waals surface area contributed by atoms with E-state index in [0.29, 0.717) is 25.9 Å². The largest absolute Gasteiger partial charge is 0.490 e. The SMILES string of the molecule is CN(C)c1ncnc2c1CCN(C(=O)c1ccncc1F)CC2.O=C(O)C(F)(F)F. The number of hydrogen-bond donors (Lipinski definition) is 1. The van der Waals surface area contributed by atoms with Crippen LogP contribution < -0.4 is 4.90 Å². The van der Waals surface area contributed by atoms with Crippen molar-refractivity contribution in [3.05, 3.63) is 47.4 Å². The Morgan fingerprint density at radius 3 is 2.37 bits per heavy atom. The average molecular weight is 429 g/mol. The number of carboxylic acids is 1. The molecule has 2 aromatic rings. The summed E-state index contributed by atoms with van der Waals surface area (Å²) in [7, 11) is 3.87. The first-order valence-corrected chi connectivity index (χ1v) is 8.71. The van der Waals surface area contributed by atoms with Crippen LogP contribution in [0.15, 0.2) is 24.8 Å². The maximum Gasteiger partial charge on any atom is 0.490 e. The molecule has 0 bridgehead atoms. The number of amides is 1. The molecule has 0 saturated heterocycles. The Balaban J connectivity index is 0.000000396. The van der Waals surface area contributed by atoms with Gasteiger partial charge in [0.25, 0.3) is 5.91 Å². The van der Waals surface area contributed by atoms with Gasteiger partial charge in [-0.1, -0.05) is 0 Å². The van der Waals surface area contributed by atoms with Crippen molar-refractivity contribution in [3.63, 3.8) is 0 Å². The van der Waals surface area contributed by atoms with Crippen molar-refractivity contribution in [2.45, 2.75) is 19.0 Å². The highest BCUT2D eigenvalue weighted by molar-refractivity contribution is 5.94. The van der Waals surface area contributed by atoms with Crippen molar-refractivity contribution in [2.24, 2.45) is 0 Å². The number of alkyl halides is 3. The number of nitrogens with zero attached hydrogens (tertiary/aromatic N) is 5. The predicted molar refractivity (Wildman–Crippen MR) is 97.6 cm³/mol. The number of halogens is 4. The highest BCUT2D eigenvalue weighted by Crippen LogP contribution is 2.23. The summed E-state index contributed by atoms with van der Waals surface area (Å²) in [5.41, 5.74) is 2.07. The van der Waals surface area contributed by atoms with E-state index >= 15 is 0 Å². The Hall–Kier alpha value is -3.31. The van der Waals surface area contributed by atoms with E-state index in [2.05, 4.69) is 15.0 Å². The van der Waals surface area contributed by atoms with Gasteiger partial charge >= 0.3 is 12.1 Å². The zero-order chi connectivity index (χ0) is 22.5. The van der Waals surface area contributed by atoms with Gasteiger partial charge in [-0.05, 0) is 12.5 Å². The van der Waals surface area contributed by atoms with Gasteiger partial charge in [0.1, 0.15) is 12.1 Å². The van der Waals surface area contributed by atoms with Gasteiger partial charge in [0.15, 0.2) is 5.82 Å². The lowest BCUT2D eigenvalue weighted by Gasteiger charge is -2.20. The standard InChI is InChI=1S/C16H18FN5O.C2HF3O2/c1-21(2)15-12-4-7-22(8-5-14(12)19-10-20-15)16(23)11-3-6-18-9-13(11)17;3-2(4,5)1(6)7/h3,6,9-10H,4-5,7-8H2,1-2H3;(H,6,7). The van der Waals surface area contributed by atoms with E-state index in [1.807, 2.05) is 19.0 Å². The lowest BCUT2D eigenvalue weighted by atomic mass is 10.1. The van der Waals surface area contributed by atoms with Crippen LogP contribution in [0, 0.1) is 5.82 Å². The zero-order valence-corrected chi connectivity index (χ0v) is 16.1. The molecule has 162 valence electrons. The van der Waals surface area contributed by atoms with Crippen molar-refractivity contribution < 1.29 is 32.3 Å². The minimum Gasteiger partial charge on any atom is -0.475 e. The number of aromatic nitrogens is 3. The molecular formula is C18H19F4N5O3. The third-order valence-corrected chi connectivity index (χ3v) is 4.22. The number of carbonyl (C=O) groups is 2. The van der Waals surface area contributed by atoms with E-state index < -0.39 is 18.0 Å². The number of hydrogen-bond acceptors (Lipinski definition) is 6. The Bertz CT molecular complexity index is 921. The molecule has 1 amide bonds. The normalized spacial score (nSPS) is 13.5. The maximum absolute atomic E-state index is 13.8. The molecule has 0 saturated carbocycles. The highest BCUT2D eigenvalue weighted by Gasteiger charge is 2.38. The summed E-state index contributed by atoms with van der Waals surface area (Å²) in [5, 5.41) is 7.12. The molecule has 1 N–H and O–H groups in total. The van der Waals surface area contributed by atoms with Crippen molar-refractivity contribution in [1.82, 2.24) is 19.9 Å². The van der Waals surface area contributed by atoms with Crippen molar-refractivity contribution in [1.29, 1.82) is 0 Å². The molecule has 1 aliphatic heterocycles. The second kappa shape index (κ2) is 9.46. The van der Waals surface area contributed by atoms with E-state index in [1.165, 1.54) is 12.3 Å². The monoisotopic (exact) mass is 429 g/mol. The van der Waals surface area contributed by atoms with Gasteiger partial charge in [0.2, 0.25) is 0 Å². The lowest BCUT2D eigenvalue weighted by Crippen LogP contribution is -2.34. The van der Waals surface area contributed by atoms with Crippen molar-refractivity contribution >= 4 is 17.7 Å². The number of rotatable bonds is 2. The van der Waals surface area contributed by atoms with Crippen LogP contribution >= 0.6 is 0 Å². The number of pyridine rings is 1. The molecule has 8 nitrogen and oxygen atoms in total. The zero-order valence-electron chi connectivity index (χ0n) is 16.1. The molecule has 0 unspecified atom stereocenters. The van der Waals surface area contributed by atoms with E-state index in [-0.39, 0.29) is 11.5 Å². The van der Waals surface area contributed by atoms with Crippen molar-refractivity contribution in [3.8, 4) is 0 Å². The Labute approximate surface area is 169 Å². The fourth-order valence-electron chi connectivity index (χ4n) is 2.82. The van der Waals surface area contributed by atoms with E-state index in [9.17, 15) is 22.4 Å². The van der Waals surface area contributed by atoms with Gasteiger partial charge in [-0.2, -0.15) is 13.2 Å². The van der Waals surface area contributed by atoms with Gasteiger partial charge < -0.3 is 14.9 Å². The minimum absolute atomic E-state index is 0.0601. The van der Waals surface area contributed by atoms with E-state index in [4.69, 9.17) is 9.90 Å². The van der Waals surface area contributed by atoms with Crippen LogP contribution in [0.5, 0.6) is 0 Å². The highest BCUT2D eigenvalue weighted by atomic mass is 19.4. The fourth-order valence-corrected chi connectivity index (χ4v) is 2.82. The molecule has 3 heterocycles. The van der Waals surface area contributed by atoms with E-state index in [1.54, 1.807) is 11.2 Å². The summed E-state index contributed by atoms with van der Waals surface area (Å²) in [6.45, 7) is 1.03. The van der Waals surface area contributed by atoms with Crippen LogP contribution in [0.2, 0.25) is 0 Å². The van der Waals surface area contributed by atoms with Gasteiger partial charge in [0, 0.05) is 45.4 Å². The van der Waals surface area contributed by atoms with Gasteiger partial charge in [0.05, 0.1) is 17.5 Å². The summed E-state index contributed by atoms with van der Waals surface area (Å²) in [6, 6.07) is 1.42. The Morgan fingerprint density at radius 1 is 1.17 bits per heavy atom. The third kappa shape index (κ3) is 5.61. The van der Waals surface area contributed by atoms with Crippen molar-refractivity contribution in [2.75, 3.05) is 32.1 Å². The smallest absolute Gasteiger partial charge is 0.475 e. The molecule has 0 aromatic carbocycles. The first-order valence-electron chi connectivity index (χ1n) is 8.71. The number of anilines is 1. The van der Waals surface area contributed by atoms with Crippen LogP contribution in [0.25, 0.3) is 0 Å². The lowest BCUT2D eigenvalue weighted by molar-refractivity contribution is -0.192. The molecule has 12 heteroatoms. The maximum atomic E-state index is 13.8.